The Morgan fingerprint density at radius 2 is 1.72 bits per heavy atom. The van der Waals surface area contributed by atoms with Crippen LogP contribution in [-0.2, 0) is 19.6 Å². The van der Waals surface area contributed by atoms with E-state index in [1.807, 2.05) is 34.6 Å². The van der Waals surface area contributed by atoms with Gasteiger partial charge >= 0.3 is 5.97 Å². The zero-order chi connectivity index (χ0) is 14.4. The predicted octanol–water partition coefficient (Wildman–Crippen LogP) is 4.04. The van der Waals surface area contributed by atoms with E-state index in [0.717, 1.165) is 12.8 Å². The van der Waals surface area contributed by atoms with Gasteiger partial charge in [0.25, 0.3) is 0 Å². The molecule has 0 unspecified atom stereocenters. The molecule has 0 fully saturated rings. The van der Waals surface area contributed by atoms with Gasteiger partial charge in [-0.3, -0.25) is 4.89 Å². The van der Waals surface area contributed by atoms with E-state index in [1.165, 1.54) is 0 Å². The fraction of sp³-hybridized carbons (Fsp3) is 0.929. The van der Waals surface area contributed by atoms with E-state index >= 15 is 0 Å². The summed E-state index contributed by atoms with van der Waals surface area (Å²) in [7, 11) is 0. The summed E-state index contributed by atoms with van der Waals surface area (Å²) in [6, 6.07) is 0. The Morgan fingerprint density at radius 1 is 1.17 bits per heavy atom. The minimum atomic E-state index is -0.451. The fourth-order valence-corrected chi connectivity index (χ4v) is 1.80. The average Bonchev–Trinajstić information content (AvgIpc) is 2.14. The minimum absolute atomic E-state index is 0.0884. The van der Waals surface area contributed by atoms with E-state index < -0.39 is 11.6 Å². The third kappa shape index (κ3) is 8.48. The Hall–Kier alpha value is -0.610. The second-order valence-corrected chi connectivity index (χ2v) is 6.66. The highest BCUT2D eigenvalue weighted by Gasteiger charge is 2.25. The lowest BCUT2D eigenvalue weighted by atomic mass is 9.81. The van der Waals surface area contributed by atoms with Gasteiger partial charge in [0.05, 0.1) is 6.42 Å². The predicted molar refractivity (Wildman–Crippen MR) is 70.5 cm³/mol. The maximum absolute atomic E-state index is 11.6. The van der Waals surface area contributed by atoms with Crippen LogP contribution in [0.15, 0.2) is 0 Å². The molecule has 0 aromatic rings. The molecule has 0 aliphatic carbocycles. The van der Waals surface area contributed by atoms with Crippen molar-refractivity contribution in [1.82, 2.24) is 0 Å². The molecule has 0 saturated heterocycles. The summed E-state index contributed by atoms with van der Waals surface area (Å²) >= 11 is 0. The Labute approximate surface area is 111 Å². The van der Waals surface area contributed by atoms with Gasteiger partial charge in [0.1, 0.15) is 5.60 Å². The molecule has 0 aliphatic heterocycles. The number of carbonyl (C=O) groups excluding carboxylic acids is 1. The number of hydrogen-bond donors (Lipinski definition) is 0. The van der Waals surface area contributed by atoms with E-state index in [2.05, 4.69) is 23.8 Å². The van der Waals surface area contributed by atoms with E-state index in [1.54, 1.807) is 0 Å². The lowest BCUT2D eigenvalue weighted by molar-refractivity contribution is -0.517. The van der Waals surface area contributed by atoms with Crippen molar-refractivity contribution in [2.24, 2.45) is 11.3 Å². The van der Waals surface area contributed by atoms with Gasteiger partial charge in [0, 0.05) is 0 Å². The summed E-state index contributed by atoms with van der Waals surface area (Å²) in [6.45, 7) is 14.1. The lowest BCUT2D eigenvalue weighted by Crippen LogP contribution is -2.26. The monoisotopic (exact) mass is 260 g/mol. The zero-order valence-electron chi connectivity index (χ0n) is 12.8. The second-order valence-electron chi connectivity index (χ2n) is 6.66. The molecule has 0 radical (unpaired) electrons. The molecule has 0 amide bonds. The molecule has 0 aliphatic rings. The molecule has 0 rings (SSSR count). The highest BCUT2D eigenvalue weighted by molar-refractivity contribution is 5.69. The first kappa shape index (κ1) is 17.4. The van der Waals surface area contributed by atoms with Gasteiger partial charge in [-0.15, -0.1) is 0 Å². The smallest absolute Gasteiger partial charge is 0.269 e. The number of rotatable bonds is 8. The first-order chi connectivity index (χ1) is 8.08. The van der Waals surface area contributed by atoms with Crippen molar-refractivity contribution in [3.63, 3.8) is 0 Å². The van der Waals surface area contributed by atoms with Crippen LogP contribution in [0.1, 0.15) is 67.7 Å². The molecule has 0 bridgehead atoms. The molecule has 0 aromatic heterocycles. The van der Waals surface area contributed by atoms with E-state index in [9.17, 15) is 4.79 Å². The van der Waals surface area contributed by atoms with Crippen molar-refractivity contribution >= 4 is 5.97 Å². The summed E-state index contributed by atoms with van der Waals surface area (Å²) in [5.41, 5.74) is -0.539. The van der Waals surface area contributed by atoms with E-state index in [0.29, 0.717) is 12.3 Å². The second kappa shape index (κ2) is 7.10. The minimum Gasteiger partial charge on any atom is -0.269 e. The molecule has 0 heterocycles. The molecule has 0 spiro atoms. The third-order valence-corrected chi connectivity index (χ3v) is 2.82. The van der Waals surface area contributed by atoms with Crippen LogP contribution in [0.5, 0.6) is 0 Å². The zero-order valence-corrected chi connectivity index (χ0v) is 12.8. The number of carbonyl (C=O) groups is 1. The van der Waals surface area contributed by atoms with Gasteiger partial charge < -0.3 is 0 Å². The molecule has 0 N–H and O–H groups in total. The van der Waals surface area contributed by atoms with Crippen LogP contribution >= 0.6 is 0 Å². The first-order valence-electron chi connectivity index (χ1n) is 6.63. The normalized spacial score (nSPS) is 12.9. The summed E-state index contributed by atoms with van der Waals surface area (Å²) in [5.74, 6) is 0.150. The summed E-state index contributed by atoms with van der Waals surface area (Å²) < 4.78 is 0. The number of hydrogen-bond acceptors (Lipinski definition) is 4. The highest BCUT2D eigenvalue weighted by Crippen LogP contribution is 2.29. The van der Waals surface area contributed by atoms with Gasteiger partial charge in [0.15, 0.2) is 0 Å². The Bertz CT molecular complexity index is 257. The van der Waals surface area contributed by atoms with Gasteiger partial charge in [-0.05, 0) is 43.1 Å². The first-order valence-corrected chi connectivity index (χ1v) is 6.63. The van der Waals surface area contributed by atoms with Crippen molar-refractivity contribution in [2.75, 3.05) is 0 Å². The van der Waals surface area contributed by atoms with Crippen LogP contribution in [0.2, 0.25) is 0 Å². The van der Waals surface area contributed by atoms with Crippen molar-refractivity contribution in [2.45, 2.75) is 73.3 Å². The quantitative estimate of drug-likeness (QED) is 0.488. The van der Waals surface area contributed by atoms with Crippen LogP contribution in [-0.4, -0.2) is 11.6 Å². The van der Waals surface area contributed by atoms with E-state index in [4.69, 9.17) is 4.89 Å². The van der Waals surface area contributed by atoms with Crippen LogP contribution < -0.4 is 0 Å². The van der Waals surface area contributed by atoms with Crippen molar-refractivity contribution in [3.05, 3.63) is 0 Å². The molecule has 4 nitrogen and oxygen atoms in total. The maximum Gasteiger partial charge on any atom is 0.346 e. The summed E-state index contributed by atoms with van der Waals surface area (Å²) in [4.78, 5) is 21.2. The Kier molecular flexibility index (Phi) is 6.86. The maximum atomic E-state index is 11.6. The summed E-state index contributed by atoms with van der Waals surface area (Å²) in [5, 5.41) is 4.55. The fourth-order valence-electron chi connectivity index (χ4n) is 1.80. The molecule has 0 atom stereocenters. The summed E-state index contributed by atoms with van der Waals surface area (Å²) in [6.07, 6.45) is 2.05. The SMILES string of the molecule is CCC(C)(C)OOOC(=O)CC(C)(C)CC(C)C. The van der Waals surface area contributed by atoms with Crippen molar-refractivity contribution in [1.29, 1.82) is 0 Å². The van der Waals surface area contributed by atoms with Gasteiger partial charge in [-0.2, -0.15) is 4.89 Å². The molecule has 0 saturated carbocycles. The topological polar surface area (TPSA) is 44.8 Å². The third-order valence-electron chi connectivity index (χ3n) is 2.82. The standard InChI is InChI=1S/C14H28O4/c1-8-14(6,7)17-18-16-12(15)10-13(4,5)9-11(2)3/h11H,8-10H2,1-7H3. The molecule has 108 valence electrons. The molecule has 4 heteroatoms. The Balaban J connectivity index is 3.98. The molecule has 18 heavy (non-hydrogen) atoms. The van der Waals surface area contributed by atoms with Gasteiger partial charge in [0.2, 0.25) is 0 Å². The van der Waals surface area contributed by atoms with Gasteiger partial charge in [-0.25, -0.2) is 4.79 Å². The Morgan fingerprint density at radius 3 is 2.17 bits per heavy atom. The largest absolute Gasteiger partial charge is 0.346 e. The van der Waals surface area contributed by atoms with Crippen LogP contribution in [0.25, 0.3) is 0 Å². The van der Waals surface area contributed by atoms with Crippen molar-refractivity contribution < 1.29 is 19.6 Å². The van der Waals surface area contributed by atoms with Crippen LogP contribution in [0, 0.1) is 11.3 Å². The van der Waals surface area contributed by atoms with Crippen LogP contribution in [0.4, 0.5) is 0 Å². The van der Waals surface area contributed by atoms with E-state index in [-0.39, 0.29) is 5.41 Å². The molecular formula is C14H28O4. The molecular weight excluding hydrogens is 232 g/mol. The molecule has 0 aromatic carbocycles. The van der Waals surface area contributed by atoms with Crippen LogP contribution in [0.3, 0.4) is 0 Å². The van der Waals surface area contributed by atoms with Gasteiger partial charge in [-0.1, -0.05) is 34.6 Å². The lowest BCUT2D eigenvalue weighted by Gasteiger charge is -2.25. The average molecular weight is 260 g/mol. The highest BCUT2D eigenvalue weighted by atomic mass is 17.5. The van der Waals surface area contributed by atoms with Crippen molar-refractivity contribution in [3.8, 4) is 0 Å².